The first kappa shape index (κ1) is 13.4. The lowest BCUT2D eigenvalue weighted by atomic mass is 9.76. The van der Waals surface area contributed by atoms with Crippen LogP contribution in [0.15, 0.2) is 42.5 Å². The number of benzene rings is 2. The Kier molecular flexibility index (Phi) is 3.62. The average molecular weight is 294 g/mol. The maximum atomic E-state index is 13.8. The minimum atomic E-state index is -0.414. The Balaban J connectivity index is 1.62. The second kappa shape index (κ2) is 5.41. The lowest BCUT2D eigenvalue weighted by Gasteiger charge is -2.37. The fraction of sp³-hybridized carbons (Fsp3) is 0.250. The number of hydrogen-bond donors (Lipinski definition) is 1. The van der Waals surface area contributed by atoms with Crippen molar-refractivity contribution in [1.82, 2.24) is 0 Å². The van der Waals surface area contributed by atoms with Gasteiger partial charge in [-0.05, 0) is 48.6 Å². The second-order valence-electron chi connectivity index (χ2n) is 5.17. The summed E-state index contributed by atoms with van der Waals surface area (Å²) in [5.41, 5.74) is 1.44. The summed E-state index contributed by atoms with van der Waals surface area (Å²) in [6.45, 7) is 0. The standard InChI is InChI=1S/C16H14ClF2N/c17-14-5-2-6-15(16(14)19)20-13-8-11(9-13)10-3-1-4-12(18)7-10/h1-7,11,13,20H,8-9H2. The van der Waals surface area contributed by atoms with E-state index in [0.717, 1.165) is 18.4 Å². The summed E-state index contributed by atoms with van der Waals surface area (Å²) in [6, 6.07) is 11.8. The fourth-order valence-electron chi connectivity index (χ4n) is 2.60. The summed E-state index contributed by atoms with van der Waals surface area (Å²) in [5.74, 6) is -0.284. The van der Waals surface area contributed by atoms with Gasteiger partial charge in [-0.3, -0.25) is 0 Å². The van der Waals surface area contributed by atoms with Crippen LogP contribution in [-0.2, 0) is 0 Å². The molecule has 2 aromatic rings. The molecule has 0 spiro atoms. The van der Waals surface area contributed by atoms with E-state index in [1.165, 1.54) is 12.1 Å². The quantitative estimate of drug-likeness (QED) is 0.842. The summed E-state index contributed by atoms with van der Waals surface area (Å²) >= 11 is 5.74. The van der Waals surface area contributed by atoms with E-state index in [-0.39, 0.29) is 16.9 Å². The monoisotopic (exact) mass is 293 g/mol. The van der Waals surface area contributed by atoms with Crippen molar-refractivity contribution >= 4 is 17.3 Å². The van der Waals surface area contributed by atoms with Gasteiger partial charge in [0.1, 0.15) is 5.82 Å². The van der Waals surface area contributed by atoms with Gasteiger partial charge in [-0.15, -0.1) is 0 Å². The minimum absolute atomic E-state index is 0.121. The summed E-state index contributed by atoms with van der Waals surface area (Å²) in [6.07, 6.45) is 1.74. The first-order chi connectivity index (χ1) is 9.63. The van der Waals surface area contributed by atoms with Gasteiger partial charge in [-0.1, -0.05) is 29.8 Å². The topological polar surface area (TPSA) is 12.0 Å². The predicted molar refractivity (Wildman–Crippen MR) is 77.2 cm³/mol. The fourth-order valence-corrected chi connectivity index (χ4v) is 2.78. The molecule has 3 rings (SSSR count). The van der Waals surface area contributed by atoms with Crippen LogP contribution in [0.5, 0.6) is 0 Å². The van der Waals surface area contributed by atoms with E-state index in [1.807, 2.05) is 6.07 Å². The van der Waals surface area contributed by atoms with E-state index in [2.05, 4.69) is 5.32 Å². The van der Waals surface area contributed by atoms with E-state index in [1.54, 1.807) is 24.3 Å². The highest BCUT2D eigenvalue weighted by atomic mass is 35.5. The third kappa shape index (κ3) is 2.63. The second-order valence-corrected chi connectivity index (χ2v) is 5.57. The molecule has 20 heavy (non-hydrogen) atoms. The Morgan fingerprint density at radius 1 is 1.05 bits per heavy atom. The molecule has 0 heterocycles. The molecule has 1 saturated carbocycles. The molecular weight excluding hydrogens is 280 g/mol. The Morgan fingerprint density at radius 3 is 2.55 bits per heavy atom. The molecule has 0 amide bonds. The van der Waals surface area contributed by atoms with Crippen molar-refractivity contribution in [3.8, 4) is 0 Å². The Labute approximate surface area is 121 Å². The molecule has 0 bridgehead atoms. The van der Waals surface area contributed by atoms with Crippen LogP contribution in [0, 0.1) is 11.6 Å². The number of rotatable bonds is 3. The van der Waals surface area contributed by atoms with Gasteiger partial charge in [0.15, 0.2) is 5.82 Å². The minimum Gasteiger partial charge on any atom is -0.380 e. The molecule has 4 heteroatoms. The van der Waals surface area contributed by atoms with E-state index in [9.17, 15) is 8.78 Å². The van der Waals surface area contributed by atoms with Crippen molar-refractivity contribution in [1.29, 1.82) is 0 Å². The highest BCUT2D eigenvalue weighted by molar-refractivity contribution is 6.31. The molecular formula is C16H14ClF2N. The average Bonchev–Trinajstić information content (AvgIpc) is 2.38. The molecule has 0 unspecified atom stereocenters. The molecule has 1 N–H and O–H groups in total. The maximum absolute atomic E-state index is 13.8. The molecule has 0 aromatic heterocycles. The van der Waals surface area contributed by atoms with Crippen molar-refractivity contribution in [2.24, 2.45) is 0 Å². The molecule has 2 aromatic carbocycles. The molecule has 1 aliphatic carbocycles. The lowest BCUT2D eigenvalue weighted by Crippen LogP contribution is -2.34. The van der Waals surface area contributed by atoms with Gasteiger partial charge < -0.3 is 5.32 Å². The Bertz CT molecular complexity index is 624. The zero-order valence-corrected chi connectivity index (χ0v) is 11.5. The number of hydrogen-bond acceptors (Lipinski definition) is 1. The van der Waals surface area contributed by atoms with Crippen LogP contribution in [-0.4, -0.2) is 6.04 Å². The van der Waals surface area contributed by atoms with Gasteiger partial charge in [0, 0.05) is 6.04 Å². The Hall–Kier alpha value is -1.61. The van der Waals surface area contributed by atoms with E-state index >= 15 is 0 Å². The predicted octanol–water partition coefficient (Wildman–Crippen LogP) is 4.98. The number of anilines is 1. The SMILES string of the molecule is Fc1cccc(C2CC(Nc3cccc(Cl)c3F)C2)c1. The van der Waals surface area contributed by atoms with Crippen molar-refractivity contribution in [3.63, 3.8) is 0 Å². The van der Waals surface area contributed by atoms with Gasteiger partial charge in [-0.2, -0.15) is 0 Å². The van der Waals surface area contributed by atoms with E-state index < -0.39 is 5.82 Å². The molecule has 1 fully saturated rings. The van der Waals surface area contributed by atoms with Crippen LogP contribution in [0.3, 0.4) is 0 Å². The van der Waals surface area contributed by atoms with Crippen LogP contribution >= 0.6 is 11.6 Å². The van der Waals surface area contributed by atoms with Crippen LogP contribution in [0.1, 0.15) is 24.3 Å². The van der Waals surface area contributed by atoms with Gasteiger partial charge >= 0.3 is 0 Å². The maximum Gasteiger partial charge on any atom is 0.164 e. The zero-order chi connectivity index (χ0) is 14.1. The molecule has 0 radical (unpaired) electrons. The van der Waals surface area contributed by atoms with Crippen molar-refractivity contribution in [2.75, 3.05) is 5.32 Å². The molecule has 1 nitrogen and oxygen atoms in total. The summed E-state index contributed by atoms with van der Waals surface area (Å²) < 4.78 is 26.9. The third-order valence-electron chi connectivity index (χ3n) is 3.77. The smallest absolute Gasteiger partial charge is 0.164 e. The molecule has 1 aliphatic rings. The van der Waals surface area contributed by atoms with Crippen molar-refractivity contribution < 1.29 is 8.78 Å². The zero-order valence-electron chi connectivity index (χ0n) is 10.7. The van der Waals surface area contributed by atoms with Crippen molar-refractivity contribution in [2.45, 2.75) is 24.8 Å². The summed E-state index contributed by atoms with van der Waals surface area (Å²) in [5, 5.41) is 3.27. The van der Waals surface area contributed by atoms with Crippen LogP contribution in [0.4, 0.5) is 14.5 Å². The largest absolute Gasteiger partial charge is 0.380 e. The van der Waals surface area contributed by atoms with E-state index in [0.29, 0.717) is 11.6 Å². The van der Waals surface area contributed by atoms with Crippen LogP contribution in [0.25, 0.3) is 0 Å². The first-order valence-corrected chi connectivity index (χ1v) is 6.97. The number of nitrogens with one attached hydrogen (secondary N) is 1. The highest BCUT2D eigenvalue weighted by Crippen LogP contribution is 2.39. The summed E-state index contributed by atoms with van der Waals surface area (Å²) in [7, 11) is 0. The highest BCUT2D eigenvalue weighted by Gasteiger charge is 2.30. The van der Waals surface area contributed by atoms with Crippen LogP contribution in [0.2, 0.25) is 5.02 Å². The van der Waals surface area contributed by atoms with Gasteiger partial charge in [0.2, 0.25) is 0 Å². The molecule has 0 saturated heterocycles. The van der Waals surface area contributed by atoms with Gasteiger partial charge in [-0.25, -0.2) is 8.78 Å². The van der Waals surface area contributed by atoms with Gasteiger partial charge in [0.05, 0.1) is 10.7 Å². The molecule has 104 valence electrons. The normalized spacial score (nSPS) is 21.4. The lowest BCUT2D eigenvalue weighted by molar-refractivity contribution is 0.372. The van der Waals surface area contributed by atoms with Gasteiger partial charge in [0.25, 0.3) is 0 Å². The summed E-state index contributed by atoms with van der Waals surface area (Å²) in [4.78, 5) is 0. The third-order valence-corrected chi connectivity index (χ3v) is 4.06. The van der Waals surface area contributed by atoms with Crippen molar-refractivity contribution in [3.05, 3.63) is 64.7 Å². The molecule has 0 aliphatic heterocycles. The van der Waals surface area contributed by atoms with E-state index in [4.69, 9.17) is 11.6 Å². The molecule has 0 atom stereocenters. The Morgan fingerprint density at radius 2 is 1.80 bits per heavy atom. The van der Waals surface area contributed by atoms with Crippen LogP contribution < -0.4 is 5.32 Å². The number of halogens is 3. The first-order valence-electron chi connectivity index (χ1n) is 6.59.